The van der Waals surface area contributed by atoms with Crippen LogP contribution in [0.2, 0.25) is 5.02 Å². The standard InChI is InChI=1S/C27H25ClN4O3/c1-15-5-4-6-21-25(15)20(14-29-21)17(3)31-22-12-7-16(2)30-26(22)32(27(31)35)23(13-24(33)34)18-8-10-19(28)11-9-18/h4-12,14,17,23,29H,13H2,1-3H3,(H,33,34)/t17?,23-/m1/s1. The minimum Gasteiger partial charge on any atom is -0.481 e. The fourth-order valence-electron chi connectivity index (χ4n) is 4.94. The van der Waals surface area contributed by atoms with Crippen LogP contribution in [0.5, 0.6) is 0 Å². The molecule has 2 atom stereocenters. The number of aliphatic carboxylic acids is 1. The van der Waals surface area contributed by atoms with Crippen LogP contribution in [0.4, 0.5) is 0 Å². The minimum atomic E-state index is -1.01. The van der Waals surface area contributed by atoms with Gasteiger partial charge in [0.1, 0.15) is 0 Å². The number of aryl methyl sites for hydroxylation is 2. The monoisotopic (exact) mass is 488 g/mol. The van der Waals surface area contributed by atoms with Gasteiger partial charge in [0.05, 0.1) is 24.0 Å². The molecule has 3 aromatic heterocycles. The second-order valence-electron chi connectivity index (χ2n) is 8.90. The van der Waals surface area contributed by atoms with Crippen LogP contribution < -0.4 is 5.69 Å². The summed E-state index contributed by atoms with van der Waals surface area (Å²) in [6.07, 6.45) is 1.67. The number of aromatic amines is 1. The van der Waals surface area contributed by atoms with Crippen LogP contribution in [-0.2, 0) is 4.79 Å². The maximum Gasteiger partial charge on any atom is 0.331 e. The zero-order valence-electron chi connectivity index (χ0n) is 19.6. The second-order valence-corrected chi connectivity index (χ2v) is 9.34. The lowest BCUT2D eigenvalue weighted by Crippen LogP contribution is -2.31. The molecule has 5 rings (SSSR count). The Kier molecular flexibility index (Phi) is 5.73. The highest BCUT2D eigenvalue weighted by atomic mass is 35.5. The maximum absolute atomic E-state index is 14.1. The summed E-state index contributed by atoms with van der Waals surface area (Å²) in [7, 11) is 0. The fourth-order valence-corrected chi connectivity index (χ4v) is 5.07. The first-order chi connectivity index (χ1) is 16.8. The summed E-state index contributed by atoms with van der Waals surface area (Å²) in [5.41, 5.74) is 5.32. The summed E-state index contributed by atoms with van der Waals surface area (Å²) in [5, 5.41) is 11.3. The van der Waals surface area contributed by atoms with Gasteiger partial charge in [-0.1, -0.05) is 35.9 Å². The molecule has 178 valence electrons. The van der Waals surface area contributed by atoms with Crippen molar-refractivity contribution >= 4 is 39.6 Å². The van der Waals surface area contributed by atoms with E-state index in [9.17, 15) is 14.7 Å². The number of fused-ring (bicyclic) bond motifs is 2. The van der Waals surface area contributed by atoms with Gasteiger partial charge < -0.3 is 10.1 Å². The molecule has 0 aliphatic heterocycles. The molecule has 35 heavy (non-hydrogen) atoms. The molecular formula is C27H25ClN4O3. The number of carboxylic acids is 1. The van der Waals surface area contributed by atoms with E-state index in [1.54, 1.807) is 28.8 Å². The largest absolute Gasteiger partial charge is 0.481 e. The lowest BCUT2D eigenvalue weighted by atomic mass is 10.0. The Morgan fingerprint density at radius 3 is 2.54 bits per heavy atom. The van der Waals surface area contributed by atoms with Gasteiger partial charge in [0.25, 0.3) is 0 Å². The van der Waals surface area contributed by atoms with Crippen molar-refractivity contribution in [1.82, 2.24) is 19.1 Å². The van der Waals surface area contributed by atoms with Gasteiger partial charge in [0.15, 0.2) is 5.65 Å². The molecule has 0 saturated carbocycles. The predicted octanol–water partition coefficient (Wildman–Crippen LogP) is 5.62. The van der Waals surface area contributed by atoms with Crippen molar-refractivity contribution in [2.75, 3.05) is 0 Å². The molecule has 0 aliphatic rings. The molecule has 0 amide bonds. The smallest absolute Gasteiger partial charge is 0.331 e. The van der Waals surface area contributed by atoms with Crippen molar-refractivity contribution in [2.24, 2.45) is 0 Å². The average molecular weight is 489 g/mol. The van der Waals surface area contributed by atoms with Gasteiger partial charge in [-0.2, -0.15) is 0 Å². The van der Waals surface area contributed by atoms with E-state index in [0.29, 0.717) is 21.7 Å². The average Bonchev–Trinajstić information content (AvgIpc) is 3.37. The van der Waals surface area contributed by atoms with Crippen molar-refractivity contribution < 1.29 is 9.90 Å². The van der Waals surface area contributed by atoms with E-state index in [1.807, 2.05) is 57.3 Å². The second kappa shape index (κ2) is 8.74. The lowest BCUT2D eigenvalue weighted by Gasteiger charge is -2.18. The number of benzene rings is 2. The van der Waals surface area contributed by atoms with Gasteiger partial charge in [-0.3, -0.25) is 13.9 Å². The van der Waals surface area contributed by atoms with Crippen LogP contribution in [0.3, 0.4) is 0 Å². The van der Waals surface area contributed by atoms with Gasteiger partial charge in [0, 0.05) is 33.4 Å². The zero-order chi connectivity index (χ0) is 24.9. The van der Waals surface area contributed by atoms with E-state index in [1.165, 1.54) is 4.57 Å². The molecule has 0 spiro atoms. The van der Waals surface area contributed by atoms with E-state index >= 15 is 0 Å². The molecule has 0 saturated heterocycles. The zero-order valence-corrected chi connectivity index (χ0v) is 20.4. The number of aromatic nitrogens is 4. The summed E-state index contributed by atoms with van der Waals surface area (Å²) < 4.78 is 3.22. The van der Waals surface area contributed by atoms with Crippen LogP contribution in [0.15, 0.2) is 65.6 Å². The summed E-state index contributed by atoms with van der Waals surface area (Å²) in [6.45, 7) is 5.88. The molecule has 5 aromatic rings. The molecule has 0 aliphatic carbocycles. The van der Waals surface area contributed by atoms with Gasteiger partial charge in [-0.05, 0) is 62.2 Å². The number of carboxylic acid groups (broad SMARTS) is 1. The number of rotatable bonds is 6. The van der Waals surface area contributed by atoms with Crippen molar-refractivity contribution in [1.29, 1.82) is 0 Å². The molecular weight excluding hydrogens is 464 g/mol. The summed E-state index contributed by atoms with van der Waals surface area (Å²) >= 11 is 6.07. The Labute approximate surface area is 206 Å². The predicted molar refractivity (Wildman–Crippen MR) is 137 cm³/mol. The molecule has 7 nitrogen and oxygen atoms in total. The van der Waals surface area contributed by atoms with Gasteiger partial charge in [0.2, 0.25) is 0 Å². The first-order valence-electron chi connectivity index (χ1n) is 11.4. The minimum absolute atomic E-state index is 0.267. The van der Waals surface area contributed by atoms with E-state index in [2.05, 4.69) is 9.97 Å². The van der Waals surface area contributed by atoms with Crippen molar-refractivity contribution in [3.8, 4) is 0 Å². The molecule has 3 heterocycles. The molecule has 1 unspecified atom stereocenters. The van der Waals surface area contributed by atoms with E-state index in [0.717, 1.165) is 27.7 Å². The normalized spacial score (nSPS) is 13.4. The first-order valence-corrected chi connectivity index (χ1v) is 11.8. The molecule has 0 fully saturated rings. The lowest BCUT2D eigenvalue weighted by molar-refractivity contribution is -0.137. The van der Waals surface area contributed by atoms with Crippen LogP contribution in [0.1, 0.15) is 47.8 Å². The molecule has 0 bridgehead atoms. The van der Waals surface area contributed by atoms with Crippen LogP contribution in [0.25, 0.3) is 22.1 Å². The first kappa shape index (κ1) is 22.9. The van der Waals surface area contributed by atoms with Crippen molar-refractivity contribution in [3.05, 3.63) is 98.7 Å². The number of H-pyrrole nitrogens is 1. The third-order valence-corrected chi connectivity index (χ3v) is 6.86. The molecule has 2 aromatic carbocycles. The number of nitrogens with one attached hydrogen (secondary N) is 1. The topological polar surface area (TPSA) is 92.9 Å². The number of nitrogens with zero attached hydrogens (tertiary/aromatic N) is 3. The number of pyridine rings is 1. The molecule has 0 radical (unpaired) electrons. The fraction of sp³-hybridized carbons (Fsp3) is 0.222. The van der Waals surface area contributed by atoms with Crippen LogP contribution in [0, 0.1) is 13.8 Å². The van der Waals surface area contributed by atoms with Crippen LogP contribution in [-0.4, -0.2) is 30.2 Å². The quantitative estimate of drug-likeness (QED) is 0.324. The Morgan fingerprint density at radius 2 is 1.83 bits per heavy atom. The summed E-state index contributed by atoms with van der Waals surface area (Å²) in [6, 6.07) is 15.7. The van der Waals surface area contributed by atoms with Gasteiger partial charge in [-0.25, -0.2) is 9.78 Å². The van der Waals surface area contributed by atoms with Crippen molar-refractivity contribution in [3.63, 3.8) is 0 Å². The Bertz CT molecular complexity index is 1630. The Balaban J connectivity index is 1.78. The summed E-state index contributed by atoms with van der Waals surface area (Å²) in [5.74, 6) is -1.01. The maximum atomic E-state index is 14.1. The number of imidazole rings is 1. The third kappa shape index (κ3) is 3.91. The van der Waals surface area contributed by atoms with E-state index < -0.39 is 12.0 Å². The third-order valence-electron chi connectivity index (χ3n) is 6.61. The van der Waals surface area contributed by atoms with Crippen LogP contribution >= 0.6 is 11.6 Å². The highest BCUT2D eigenvalue weighted by Gasteiger charge is 2.28. The molecule has 2 N–H and O–H groups in total. The van der Waals surface area contributed by atoms with E-state index in [4.69, 9.17) is 11.6 Å². The SMILES string of the molecule is Cc1ccc2c(n1)n([C@H](CC(=O)O)c1ccc(Cl)cc1)c(=O)n2C(C)c1c[nH]c2cccc(C)c12. The number of hydrogen-bond acceptors (Lipinski definition) is 3. The molecule has 8 heteroatoms. The van der Waals surface area contributed by atoms with Gasteiger partial charge >= 0.3 is 11.7 Å². The van der Waals surface area contributed by atoms with Gasteiger partial charge in [-0.15, -0.1) is 0 Å². The Morgan fingerprint density at radius 1 is 1.09 bits per heavy atom. The highest BCUT2D eigenvalue weighted by Crippen LogP contribution is 2.32. The number of hydrogen-bond donors (Lipinski definition) is 2. The van der Waals surface area contributed by atoms with Crippen molar-refractivity contribution in [2.45, 2.75) is 39.3 Å². The van der Waals surface area contributed by atoms with E-state index in [-0.39, 0.29) is 18.2 Å². The number of halogens is 1. The highest BCUT2D eigenvalue weighted by molar-refractivity contribution is 6.30. The summed E-state index contributed by atoms with van der Waals surface area (Å²) in [4.78, 5) is 34.0. The number of carbonyl (C=O) groups is 1. The Hall–Kier alpha value is -3.84.